The van der Waals surface area contributed by atoms with E-state index >= 15 is 0 Å². The number of rotatable bonds is 4. The van der Waals surface area contributed by atoms with E-state index in [0.29, 0.717) is 10.7 Å². The number of pyridine rings is 1. The van der Waals surface area contributed by atoms with Gasteiger partial charge in [-0.15, -0.1) is 11.3 Å². The van der Waals surface area contributed by atoms with Crippen LogP contribution in [0.3, 0.4) is 0 Å². The Morgan fingerprint density at radius 2 is 1.83 bits per heavy atom. The summed E-state index contributed by atoms with van der Waals surface area (Å²) in [6.07, 6.45) is 0. The SMILES string of the molecule is Cc1cc(C)c2sc(NNC(=O)c3cc(-c4cccs4)nc4ccccc34)nc2c1. The number of amides is 1. The molecule has 5 aromatic rings. The highest BCUT2D eigenvalue weighted by Gasteiger charge is 2.15. The van der Waals surface area contributed by atoms with Gasteiger partial charge in [-0.1, -0.05) is 41.7 Å². The molecule has 148 valence electrons. The van der Waals surface area contributed by atoms with Gasteiger partial charge in [0.2, 0.25) is 5.13 Å². The second-order valence-electron chi connectivity index (χ2n) is 7.08. The van der Waals surface area contributed by atoms with Crippen LogP contribution in [0.5, 0.6) is 0 Å². The Morgan fingerprint density at radius 1 is 0.967 bits per heavy atom. The molecular formula is C23H18N4OS2. The van der Waals surface area contributed by atoms with E-state index in [0.717, 1.165) is 31.7 Å². The van der Waals surface area contributed by atoms with Crippen molar-refractivity contribution >= 4 is 54.8 Å². The summed E-state index contributed by atoms with van der Waals surface area (Å²) in [7, 11) is 0. The number of thiazole rings is 1. The summed E-state index contributed by atoms with van der Waals surface area (Å²) < 4.78 is 1.12. The number of nitrogens with one attached hydrogen (secondary N) is 2. The van der Waals surface area contributed by atoms with Gasteiger partial charge in [0, 0.05) is 5.39 Å². The number of fused-ring (bicyclic) bond motifs is 2. The number of para-hydroxylation sites is 1. The summed E-state index contributed by atoms with van der Waals surface area (Å²) >= 11 is 3.13. The highest BCUT2D eigenvalue weighted by Crippen LogP contribution is 2.30. The molecule has 0 radical (unpaired) electrons. The summed E-state index contributed by atoms with van der Waals surface area (Å²) in [5, 5.41) is 3.47. The van der Waals surface area contributed by atoms with Crippen LogP contribution in [0.2, 0.25) is 0 Å². The molecule has 5 nitrogen and oxygen atoms in total. The van der Waals surface area contributed by atoms with Crippen LogP contribution in [0, 0.1) is 13.8 Å². The van der Waals surface area contributed by atoms with Crippen molar-refractivity contribution in [3.05, 3.63) is 76.7 Å². The molecule has 0 bridgehead atoms. The van der Waals surface area contributed by atoms with Crippen LogP contribution < -0.4 is 10.9 Å². The molecule has 0 spiro atoms. The molecule has 5 rings (SSSR count). The Labute approximate surface area is 181 Å². The molecule has 3 aromatic heterocycles. The van der Waals surface area contributed by atoms with Gasteiger partial charge in [0.05, 0.1) is 31.9 Å². The normalized spacial score (nSPS) is 11.1. The molecule has 3 heterocycles. The molecule has 0 fully saturated rings. The number of thiophene rings is 1. The minimum absolute atomic E-state index is 0.224. The Balaban J connectivity index is 1.47. The molecule has 0 aliphatic heterocycles. The fraction of sp³-hybridized carbons (Fsp3) is 0.0870. The first-order valence-electron chi connectivity index (χ1n) is 9.46. The number of hydrazine groups is 1. The Bertz CT molecular complexity index is 1390. The van der Waals surface area contributed by atoms with Crippen molar-refractivity contribution in [1.29, 1.82) is 0 Å². The molecule has 30 heavy (non-hydrogen) atoms. The highest BCUT2D eigenvalue weighted by molar-refractivity contribution is 7.22. The van der Waals surface area contributed by atoms with Crippen LogP contribution in [-0.4, -0.2) is 15.9 Å². The zero-order chi connectivity index (χ0) is 20.7. The maximum atomic E-state index is 13.1. The second-order valence-corrected chi connectivity index (χ2v) is 9.02. The maximum absolute atomic E-state index is 13.1. The van der Waals surface area contributed by atoms with Crippen molar-refractivity contribution in [3.8, 4) is 10.6 Å². The lowest BCUT2D eigenvalue weighted by atomic mass is 10.1. The lowest BCUT2D eigenvalue weighted by Crippen LogP contribution is -2.29. The number of benzene rings is 2. The molecule has 0 unspecified atom stereocenters. The first-order chi connectivity index (χ1) is 14.6. The quantitative estimate of drug-likeness (QED) is 0.346. The number of nitrogens with zero attached hydrogens (tertiary/aromatic N) is 2. The Morgan fingerprint density at radius 3 is 2.67 bits per heavy atom. The van der Waals surface area contributed by atoms with Gasteiger partial charge in [0.15, 0.2) is 0 Å². The predicted molar refractivity (Wildman–Crippen MR) is 125 cm³/mol. The van der Waals surface area contributed by atoms with E-state index < -0.39 is 0 Å². The average Bonchev–Trinajstić information content (AvgIpc) is 3.41. The third-order valence-corrected chi connectivity index (χ3v) is 6.85. The predicted octanol–water partition coefficient (Wildman–Crippen LogP) is 5.95. The molecule has 0 atom stereocenters. The number of aromatic nitrogens is 2. The zero-order valence-corrected chi connectivity index (χ0v) is 18.0. The number of carbonyl (C=O) groups is 1. The van der Waals surface area contributed by atoms with Gasteiger partial charge in [-0.2, -0.15) is 0 Å². The Kier molecular flexibility index (Phi) is 4.69. The lowest BCUT2D eigenvalue weighted by Gasteiger charge is -2.10. The molecule has 2 N–H and O–H groups in total. The molecule has 7 heteroatoms. The van der Waals surface area contributed by atoms with E-state index in [1.54, 1.807) is 11.3 Å². The lowest BCUT2D eigenvalue weighted by molar-refractivity contribution is 0.0964. The third kappa shape index (κ3) is 3.42. The largest absolute Gasteiger partial charge is 0.273 e. The molecular weight excluding hydrogens is 412 g/mol. The average molecular weight is 431 g/mol. The first kappa shape index (κ1) is 18.7. The first-order valence-corrected chi connectivity index (χ1v) is 11.2. The maximum Gasteiger partial charge on any atom is 0.270 e. The number of carbonyl (C=O) groups excluding carboxylic acids is 1. The number of anilines is 1. The smallest absolute Gasteiger partial charge is 0.270 e. The topological polar surface area (TPSA) is 66.9 Å². The van der Waals surface area contributed by atoms with Crippen molar-refractivity contribution < 1.29 is 4.79 Å². The van der Waals surface area contributed by atoms with Crippen molar-refractivity contribution in [3.63, 3.8) is 0 Å². The highest BCUT2D eigenvalue weighted by atomic mass is 32.1. The van der Waals surface area contributed by atoms with Crippen LogP contribution in [0.15, 0.2) is 60.0 Å². The molecule has 0 aliphatic carbocycles. The summed E-state index contributed by atoms with van der Waals surface area (Å²) in [5.41, 5.74) is 11.2. The van der Waals surface area contributed by atoms with Gasteiger partial charge in [-0.05, 0) is 54.6 Å². The minimum Gasteiger partial charge on any atom is -0.273 e. The van der Waals surface area contributed by atoms with Crippen LogP contribution >= 0.6 is 22.7 Å². The van der Waals surface area contributed by atoms with Gasteiger partial charge in [-0.25, -0.2) is 9.97 Å². The monoisotopic (exact) mass is 430 g/mol. The summed E-state index contributed by atoms with van der Waals surface area (Å²) in [6.45, 7) is 4.13. The van der Waals surface area contributed by atoms with Gasteiger partial charge in [-0.3, -0.25) is 15.6 Å². The number of hydrogen-bond donors (Lipinski definition) is 2. The van der Waals surface area contributed by atoms with Crippen molar-refractivity contribution in [1.82, 2.24) is 15.4 Å². The third-order valence-electron chi connectivity index (χ3n) is 4.84. The van der Waals surface area contributed by atoms with Crippen molar-refractivity contribution in [2.24, 2.45) is 0 Å². The van der Waals surface area contributed by atoms with Gasteiger partial charge in [0.1, 0.15) is 0 Å². The molecule has 0 saturated heterocycles. The summed E-state index contributed by atoms with van der Waals surface area (Å²) in [4.78, 5) is 23.4. The van der Waals surface area contributed by atoms with Crippen molar-refractivity contribution in [2.45, 2.75) is 13.8 Å². The van der Waals surface area contributed by atoms with E-state index in [9.17, 15) is 4.79 Å². The van der Waals surface area contributed by atoms with E-state index in [1.807, 2.05) is 47.8 Å². The van der Waals surface area contributed by atoms with E-state index in [2.05, 4.69) is 41.8 Å². The summed E-state index contributed by atoms with van der Waals surface area (Å²) in [5.74, 6) is -0.224. The minimum atomic E-state index is -0.224. The fourth-order valence-electron chi connectivity index (χ4n) is 3.52. The van der Waals surface area contributed by atoms with Gasteiger partial charge >= 0.3 is 0 Å². The van der Waals surface area contributed by atoms with Gasteiger partial charge < -0.3 is 0 Å². The molecule has 1 amide bonds. The number of hydrogen-bond acceptors (Lipinski definition) is 6. The molecule has 2 aromatic carbocycles. The Hall–Kier alpha value is -3.29. The van der Waals surface area contributed by atoms with E-state index in [4.69, 9.17) is 4.98 Å². The second kappa shape index (κ2) is 7.51. The van der Waals surface area contributed by atoms with Crippen LogP contribution in [0.1, 0.15) is 21.5 Å². The fourth-order valence-corrected chi connectivity index (χ4v) is 5.08. The zero-order valence-electron chi connectivity index (χ0n) is 16.4. The van der Waals surface area contributed by atoms with E-state index in [1.165, 1.54) is 22.5 Å². The van der Waals surface area contributed by atoms with Crippen molar-refractivity contribution in [2.75, 3.05) is 5.43 Å². The van der Waals surface area contributed by atoms with Crippen LogP contribution in [0.4, 0.5) is 5.13 Å². The molecule has 0 aliphatic rings. The summed E-state index contributed by atoms with van der Waals surface area (Å²) in [6, 6.07) is 17.7. The standard InChI is InChI=1S/C23H18N4OS2/c1-13-10-14(2)21-19(11-13)25-23(30-21)27-26-22(28)16-12-18(20-8-5-9-29-20)24-17-7-4-3-6-15(16)17/h3-12H,1-2H3,(H,25,27)(H,26,28). The molecule has 0 saturated carbocycles. The van der Waals surface area contributed by atoms with Crippen LogP contribution in [0.25, 0.3) is 31.7 Å². The van der Waals surface area contributed by atoms with Crippen LogP contribution in [-0.2, 0) is 0 Å². The van der Waals surface area contributed by atoms with Gasteiger partial charge in [0.25, 0.3) is 5.91 Å². The number of aryl methyl sites for hydroxylation is 2. The van der Waals surface area contributed by atoms with E-state index in [-0.39, 0.29) is 5.91 Å².